The van der Waals surface area contributed by atoms with Crippen molar-refractivity contribution in [2.45, 2.75) is 24.7 Å². The first-order chi connectivity index (χ1) is 6.39. The number of nitrogens with zero attached hydrogens (tertiary/aromatic N) is 2. The van der Waals surface area contributed by atoms with E-state index >= 15 is 0 Å². The van der Waals surface area contributed by atoms with Crippen LogP contribution in [0.1, 0.15) is 6.42 Å². The molecule has 0 aliphatic carbocycles. The third-order valence-corrected chi connectivity index (χ3v) is 2.98. The van der Waals surface area contributed by atoms with E-state index in [1.165, 1.54) is 0 Å². The minimum atomic E-state index is -4.74. The molecule has 7 heteroatoms. The van der Waals surface area contributed by atoms with Gasteiger partial charge < -0.3 is 4.90 Å². The van der Waals surface area contributed by atoms with Crippen LogP contribution < -0.4 is 0 Å². The van der Waals surface area contributed by atoms with E-state index in [1.807, 2.05) is 0 Å². The van der Waals surface area contributed by atoms with Crippen LogP contribution in [0.15, 0.2) is 0 Å². The number of rotatable bonds is 0. The predicted octanol–water partition coefficient (Wildman–Crippen LogP) is 0.679. The van der Waals surface area contributed by atoms with Gasteiger partial charge in [-0.3, -0.25) is 4.79 Å². The summed E-state index contributed by atoms with van der Waals surface area (Å²) >= 11 is 4.05. The first-order valence-electron chi connectivity index (χ1n) is 4.23. The van der Waals surface area contributed by atoms with Gasteiger partial charge in [0.1, 0.15) is 0 Å². The fourth-order valence-corrected chi connectivity index (χ4v) is 2.44. The van der Waals surface area contributed by atoms with Crippen LogP contribution in [0.4, 0.5) is 13.2 Å². The Morgan fingerprint density at radius 1 is 1.29 bits per heavy atom. The third-order valence-electron chi connectivity index (χ3n) is 2.65. The SMILES string of the molecule is O=C(N1C2CC1CN(S)C2)C(F)(F)F. The van der Waals surface area contributed by atoms with Gasteiger partial charge >= 0.3 is 12.1 Å². The number of halogens is 3. The molecule has 0 spiro atoms. The van der Waals surface area contributed by atoms with E-state index in [9.17, 15) is 18.0 Å². The fraction of sp³-hybridized carbons (Fsp3) is 0.857. The number of piperazine rings is 1. The normalized spacial score (nSPS) is 32.7. The molecule has 3 nitrogen and oxygen atoms in total. The van der Waals surface area contributed by atoms with Gasteiger partial charge in [-0.1, -0.05) is 12.8 Å². The van der Waals surface area contributed by atoms with E-state index in [4.69, 9.17) is 0 Å². The Morgan fingerprint density at radius 3 is 2.21 bits per heavy atom. The molecule has 3 rings (SSSR count). The van der Waals surface area contributed by atoms with Gasteiger partial charge in [-0.05, 0) is 6.42 Å². The maximum Gasteiger partial charge on any atom is 0.471 e. The van der Waals surface area contributed by atoms with Gasteiger partial charge in [0.2, 0.25) is 0 Å². The Balaban J connectivity index is 2.05. The highest BCUT2D eigenvalue weighted by Crippen LogP contribution is 2.36. The lowest BCUT2D eigenvalue weighted by atomic mass is 9.88. The Hall–Kier alpha value is -0.430. The van der Waals surface area contributed by atoms with Crippen molar-refractivity contribution >= 4 is 18.7 Å². The number of alkyl halides is 3. The molecule has 3 aliphatic rings. The molecule has 3 aliphatic heterocycles. The van der Waals surface area contributed by atoms with E-state index in [2.05, 4.69) is 12.8 Å². The first-order valence-corrected chi connectivity index (χ1v) is 4.63. The lowest BCUT2D eigenvalue weighted by Gasteiger charge is -2.55. The van der Waals surface area contributed by atoms with Crippen LogP contribution in [0.3, 0.4) is 0 Å². The van der Waals surface area contributed by atoms with E-state index in [-0.39, 0.29) is 12.1 Å². The van der Waals surface area contributed by atoms with E-state index in [0.29, 0.717) is 19.5 Å². The Bertz CT molecular complexity index is 258. The first kappa shape index (κ1) is 10.1. The predicted molar refractivity (Wildman–Crippen MR) is 45.7 cm³/mol. The lowest BCUT2D eigenvalue weighted by molar-refractivity contribution is -0.202. The summed E-state index contributed by atoms with van der Waals surface area (Å²) in [5.41, 5.74) is 0. The second-order valence-electron chi connectivity index (χ2n) is 3.63. The van der Waals surface area contributed by atoms with Crippen LogP contribution in [0.5, 0.6) is 0 Å². The minimum absolute atomic E-state index is 0.305. The average molecular weight is 226 g/mol. The third kappa shape index (κ3) is 1.48. The van der Waals surface area contributed by atoms with Crippen LogP contribution in [0.25, 0.3) is 0 Å². The summed E-state index contributed by atoms with van der Waals surface area (Å²) in [4.78, 5) is 11.9. The van der Waals surface area contributed by atoms with Crippen molar-refractivity contribution in [3.05, 3.63) is 0 Å². The van der Waals surface area contributed by atoms with Crippen LogP contribution in [0.2, 0.25) is 0 Å². The highest BCUT2D eigenvalue weighted by Gasteiger charge is 2.54. The molecular weight excluding hydrogens is 217 g/mol. The maximum atomic E-state index is 12.1. The zero-order valence-electron chi connectivity index (χ0n) is 7.16. The molecule has 0 radical (unpaired) electrons. The number of carbonyl (C=O) groups excluding carboxylic acids is 1. The molecule has 2 bridgehead atoms. The number of hydrogen-bond acceptors (Lipinski definition) is 3. The summed E-state index contributed by atoms with van der Waals surface area (Å²) in [6, 6.07) is -0.610. The second-order valence-corrected chi connectivity index (χ2v) is 4.19. The van der Waals surface area contributed by atoms with E-state index in [1.54, 1.807) is 4.31 Å². The van der Waals surface area contributed by atoms with Crippen molar-refractivity contribution in [1.29, 1.82) is 0 Å². The quantitative estimate of drug-likeness (QED) is 0.614. The topological polar surface area (TPSA) is 23.6 Å². The molecular formula is C7H9F3N2OS. The van der Waals surface area contributed by atoms with E-state index in [0.717, 1.165) is 4.90 Å². The zero-order chi connectivity index (χ0) is 10.5. The van der Waals surface area contributed by atoms with Crippen LogP contribution in [-0.2, 0) is 4.79 Å². The Labute approximate surface area is 84.4 Å². The molecule has 0 aromatic heterocycles. The molecule has 0 N–H and O–H groups in total. The molecule has 14 heavy (non-hydrogen) atoms. The molecule has 0 aromatic carbocycles. The number of piperidine rings is 1. The fourth-order valence-electron chi connectivity index (χ4n) is 2.07. The van der Waals surface area contributed by atoms with Crippen molar-refractivity contribution in [3.63, 3.8) is 0 Å². The second kappa shape index (κ2) is 3.03. The summed E-state index contributed by atoms with van der Waals surface area (Å²) in [5.74, 6) is -1.71. The molecule has 0 saturated carbocycles. The highest BCUT2D eigenvalue weighted by atomic mass is 32.1. The van der Waals surface area contributed by atoms with Crippen molar-refractivity contribution in [3.8, 4) is 0 Å². The van der Waals surface area contributed by atoms with Crippen molar-refractivity contribution < 1.29 is 18.0 Å². The van der Waals surface area contributed by atoms with Crippen molar-refractivity contribution in [1.82, 2.24) is 9.21 Å². The molecule has 3 heterocycles. The van der Waals surface area contributed by atoms with Crippen LogP contribution >= 0.6 is 12.8 Å². The van der Waals surface area contributed by atoms with Crippen LogP contribution in [0, 0.1) is 0 Å². The van der Waals surface area contributed by atoms with Gasteiger partial charge in [-0.2, -0.15) is 13.2 Å². The Morgan fingerprint density at radius 2 is 1.79 bits per heavy atom. The Kier molecular flexibility index (Phi) is 2.19. The minimum Gasteiger partial charge on any atom is -0.326 e. The number of amides is 1. The van der Waals surface area contributed by atoms with E-state index < -0.39 is 12.1 Å². The largest absolute Gasteiger partial charge is 0.471 e. The summed E-state index contributed by atoms with van der Waals surface area (Å²) in [6.45, 7) is 0.836. The van der Waals surface area contributed by atoms with Crippen LogP contribution in [-0.4, -0.2) is 46.5 Å². The smallest absolute Gasteiger partial charge is 0.326 e. The lowest BCUT2D eigenvalue weighted by Crippen LogP contribution is -2.70. The maximum absolute atomic E-state index is 12.1. The van der Waals surface area contributed by atoms with Gasteiger partial charge in [0.05, 0.1) is 0 Å². The number of carbonyl (C=O) groups is 1. The number of fused-ring (bicyclic) bond motifs is 2. The number of hydrogen-bond donors (Lipinski definition) is 1. The van der Waals surface area contributed by atoms with Gasteiger partial charge in [0.25, 0.3) is 0 Å². The molecule has 2 unspecified atom stereocenters. The summed E-state index contributed by atoms with van der Waals surface area (Å²) in [6.07, 6.45) is -4.07. The molecule has 0 aromatic rings. The molecule has 1 amide bonds. The van der Waals surface area contributed by atoms with Gasteiger partial charge in [-0.25, -0.2) is 4.31 Å². The van der Waals surface area contributed by atoms with Gasteiger partial charge in [-0.15, -0.1) is 0 Å². The molecule has 2 atom stereocenters. The summed E-state index contributed by atoms with van der Waals surface area (Å²) < 4.78 is 38.0. The van der Waals surface area contributed by atoms with Crippen molar-refractivity contribution in [2.24, 2.45) is 0 Å². The monoisotopic (exact) mass is 226 g/mol. The number of thiol groups is 1. The van der Waals surface area contributed by atoms with Gasteiger partial charge in [0.15, 0.2) is 0 Å². The summed E-state index contributed by atoms with van der Waals surface area (Å²) in [7, 11) is 0. The molecule has 3 fully saturated rings. The molecule has 80 valence electrons. The highest BCUT2D eigenvalue weighted by molar-refractivity contribution is 7.77. The van der Waals surface area contributed by atoms with Gasteiger partial charge in [0, 0.05) is 25.2 Å². The summed E-state index contributed by atoms with van der Waals surface area (Å²) in [5, 5.41) is 0. The molecule has 3 saturated heterocycles. The average Bonchev–Trinajstić information content (AvgIpc) is 2.01. The standard InChI is InChI=1S/C7H9F3N2OS/c8-7(9,10)6(13)12-4-1-5(12)3-11(14)2-4/h4-5,14H,1-3H2. The van der Waals surface area contributed by atoms with Crippen molar-refractivity contribution in [2.75, 3.05) is 13.1 Å². The zero-order valence-corrected chi connectivity index (χ0v) is 8.05.